The SMILES string of the molecule is C=CCOCCOCCOCCOCCC(=O)NCC(C)(C)CNC(=O)OC(C)(C)C. The normalized spacial score (nSPS) is 11.8. The van der Waals surface area contributed by atoms with E-state index >= 15 is 0 Å². The largest absolute Gasteiger partial charge is 0.444 e. The molecule has 182 valence electrons. The van der Waals surface area contributed by atoms with Crippen molar-refractivity contribution in [2.75, 3.05) is 65.9 Å². The lowest BCUT2D eigenvalue weighted by molar-refractivity contribution is -0.122. The highest BCUT2D eigenvalue weighted by atomic mass is 16.6. The van der Waals surface area contributed by atoms with Gasteiger partial charge < -0.3 is 34.3 Å². The molecular formula is C22H42N2O7. The maximum atomic E-state index is 12.0. The highest BCUT2D eigenvalue weighted by Gasteiger charge is 2.22. The second-order valence-electron chi connectivity index (χ2n) is 8.75. The standard InChI is InChI=1S/C22H42N2O7/c1-7-9-27-11-13-29-15-16-30-14-12-28-10-8-19(25)23-17-22(5,6)18-24-20(26)31-21(2,3)4/h7H,1,8-18H2,2-6H3,(H,23,25)(H,24,26). The Morgan fingerprint density at radius 1 is 0.774 bits per heavy atom. The number of rotatable bonds is 18. The lowest BCUT2D eigenvalue weighted by atomic mass is 9.93. The van der Waals surface area contributed by atoms with Crippen LogP contribution in [0.3, 0.4) is 0 Å². The van der Waals surface area contributed by atoms with E-state index in [1.54, 1.807) is 6.08 Å². The molecular weight excluding hydrogens is 404 g/mol. The summed E-state index contributed by atoms with van der Waals surface area (Å²) >= 11 is 0. The molecule has 0 aliphatic heterocycles. The average molecular weight is 447 g/mol. The molecule has 2 N–H and O–H groups in total. The number of hydrogen-bond acceptors (Lipinski definition) is 7. The first-order valence-electron chi connectivity index (χ1n) is 10.7. The zero-order valence-electron chi connectivity index (χ0n) is 19.9. The van der Waals surface area contributed by atoms with Gasteiger partial charge in [-0.15, -0.1) is 6.58 Å². The van der Waals surface area contributed by atoms with Crippen LogP contribution in [0.4, 0.5) is 4.79 Å². The fourth-order valence-electron chi connectivity index (χ4n) is 2.11. The highest BCUT2D eigenvalue weighted by molar-refractivity contribution is 5.76. The fourth-order valence-corrected chi connectivity index (χ4v) is 2.11. The lowest BCUT2D eigenvalue weighted by Gasteiger charge is -2.26. The molecule has 0 aromatic carbocycles. The monoisotopic (exact) mass is 446 g/mol. The van der Waals surface area contributed by atoms with E-state index in [9.17, 15) is 9.59 Å². The molecule has 0 fully saturated rings. The molecule has 2 amide bonds. The average Bonchev–Trinajstić information content (AvgIpc) is 2.67. The van der Waals surface area contributed by atoms with Gasteiger partial charge in [-0.25, -0.2) is 4.79 Å². The predicted octanol–water partition coefficient (Wildman–Crippen LogP) is 2.30. The predicted molar refractivity (Wildman–Crippen MR) is 119 cm³/mol. The Kier molecular flexibility index (Phi) is 16.0. The smallest absolute Gasteiger partial charge is 0.407 e. The van der Waals surface area contributed by atoms with E-state index in [1.165, 1.54) is 0 Å². The number of carbonyl (C=O) groups is 2. The van der Waals surface area contributed by atoms with Crippen molar-refractivity contribution < 1.29 is 33.3 Å². The van der Waals surface area contributed by atoms with Crippen molar-refractivity contribution in [3.8, 4) is 0 Å². The molecule has 0 saturated carbocycles. The number of ether oxygens (including phenoxy) is 5. The molecule has 0 aliphatic carbocycles. The number of nitrogens with one attached hydrogen (secondary N) is 2. The summed E-state index contributed by atoms with van der Waals surface area (Å²) in [5.74, 6) is -0.0988. The fraction of sp³-hybridized carbons (Fsp3) is 0.818. The van der Waals surface area contributed by atoms with Gasteiger partial charge in [-0.3, -0.25) is 4.79 Å². The Labute approximate surface area is 187 Å². The minimum Gasteiger partial charge on any atom is -0.444 e. The number of amides is 2. The first-order chi connectivity index (χ1) is 14.6. The van der Waals surface area contributed by atoms with Gasteiger partial charge in [0, 0.05) is 19.5 Å². The van der Waals surface area contributed by atoms with Gasteiger partial charge in [-0.1, -0.05) is 19.9 Å². The molecule has 0 atom stereocenters. The van der Waals surface area contributed by atoms with Crippen LogP contribution in [0, 0.1) is 5.41 Å². The first kappa shape index (κ1) is 29.3. The maximum absolute atomic E-state index is 12.0. The van der Waals surface area contributed by atoms with E-state index in [1.807, 2.05) is 34.6 Å². The van der Waals surface area contributed by atoms with Crippen molar-refractivity contribution in [1.29, 1.82) is 0 Å². The molecule has 0 aromatic heterocycles. The molecule has 0 aliphatic rings. The van der Waals surface area contributed by atoms with Crippen LogP contribution in [0.5, 0.6) is 0 Å². The molecule has 0 rings (SSSR count). The molecule has 0 saturated heterocycles. The van der Waals surface area contributed by atoms with Gasteiger partial charge in [0.15, 0.2) is 0 Å². The van der Waals surface area contributed by atoms with Crippen LogP contribution in [0.15, 0.2) is 12.7 Å². The lowest BCUT2D eigenvalue weighted by Crippen LogP contribution is -2.43. The van der Waals surface area contributed by atoms with Crippen molar-refractivity contribution >= 4 is 12.0 Å². The molecule has 0 spiro atoms. The Morgan fingerprint density at radius 2 is 1.26 bits per heavy atom. The van der Waals surface area contributed by atoms with Gasteiger partial charge in [-0.05, 0) is 26.2 Å². The van der Waals surface area contributed by atoms with Crippen LogP contribution in [0.1, 0.15) is 41.0 Å². The minimum absolute atomic E-state index is 0.0988. The molecule has 0 aromatic rings. The van der Waals surface area contributed by atoms with Gasteiger partial charge in [-0.2, -0.15) is 0 Å². The molecule has 0 heterocycles. The van der Waals surface area contributed by atoms with Crippen LogP contribution >= 0.6 is 0 Å². The zero-order valence-corrected chi connectivity index (χ0v) is 19.9. The zero-order chi connectivity index (χ0) is 23.6. The molecule has 9 nitrogen and oxygen atoms in total. The van der Waals surface area contributed by atoms with Gasteiger partial charge in [0.25, 0.3) is 0 Å². The second kappa shape index (κ2) is 16.9. The Hall–Kier alpha value is -1.68. The van der Waals surface area contributed by atoms with Crippen LogP contribution in [-0.2, 0) is 28.5 Å². The van der Waals surface area contributed by atoms with E-state index in [0.29, 0.717) is 65.9 Å². The van der Waals surface area contributed by atoms with E-state index in [2.05, 4.69) is 17.2 Å². The summed E-state index contributed by atoms with van der Waals surface area (Å²) in [7, 11) is 0. The van der Waals surface area contributed by atoms with Crippen LogP contribution < -0.4 is 10.6 Å². The van der Waals surface area contributed by atoms with E-state index < -0.39 is 11.7 Å². The number of carbonyl (C=O) groups excluding carboxylic acids is 2. The number of hydrogen-bond donors (Lipinski definition) is 2. The molecule has 0 radical (unpaired) electrons. The van der Waals surface area contributed by atoms with Crippen molar-refractivity contribution in [2.45, 2.75) is 46.6 Å². The van der Waals surface area contributed by atoms with Crippen molar-refractivity contribution in [3.05, 3.63) is 12.7 Å². The Morgan fingerprint density at radius 3 is 1.77 bits per heavy atom. The van der Waals surface area contributed by atoms with Crippen molar-refractivity contribution in [3.63, 3.8) is 0 Å². The summed E-state index contributed by atoms with van der Waals surface area (Å²) in [5.41, 5.74) is -0.844. The third-order valence-electron chi connectivity index (χ3n) is 3.70. The number of alkyl carbamates (subject to hydrolysis) is 1. The summed E-state index contributed by atoms with van der Waals surface area (Å²) in [5, 5.41) is 5.59. The van der Waals surface area contributed by atoms with E-state index in [4.69, 9.17) is 23.7 Å². The van der Waals surface area contributed by atoms with Gasteiger partial charge in [0.05, 0.1) is 52.9 Å². The third-order valence-corrected chi connectivity index (χ3v) is 3.70. The summed E-state index contributed by atoms with van der Waals surface area (Å²) < 4.78 is 26.5. The molecule has 0 bridgehead atoms. The van der Waals surface area contributed by atoms with E-state index in [-0.39, 0.29) is 17.7 Å². The van der Waals surface area contributed by atoms with E-state index in [0.717, 1.165) is 0 Å². The summed E-state index contributed by atoms with van der Waals surface area (Å²) in [6.45, 7) is 17.5. The van der Waals surface area contributed by atoms with Crippen LogP contribution in [0.25, 0.3) is 0 Å². The minimum atomic E-state index is -0.540. The van der Waals surface area contributed by atoms with Gasteiger partial charge in [0.1, 0.15) is 5.60 Å². The summed E-state index contributed by atoms with van der Waals surface area (Å²) in [4.78, 5) is 23.7. The second-order valence-corrected chi connectivity index (χ2v) is 8.75. The topological polar surface area (TPSA) is 104 Å². The van der Waals surface area contributed by atoms with Crippen LogP contribution in [0.2, 0.25) is 0 Å². The first-order valence-corrected chi connectivity index (χ1v) is 10.7. The molecule has 0 unspecified atom stereocenters. The Balaban J connectivity index is 3.60. The van der Waals surface area contributed by atoms with Crippen LogP contribution in [-0.4, -0.2) is 83.5 Å². The molecule has 9 heteroatoms. The summed E-state index contributed by atoms with van der Waals surface area (Å²) in [6.07, 6.45) is 1.50. The molecule has 31 heavy (non-hydrogen) atoms. The van der Waals surface area contributed by atoms with Gasteiger partial charge >= 0.3 is 6.09 Å². The summed E-state index contributed by atoms with van der Waals surface area (Å²) in [6, 6.07) is 0. The quantitative estimate of drug-likeness (QED) is 0.246. The van der Waals surface area contributed by atoms with Crippen molar-refractivity contribution in [2.24, 2.45) is 5.41 Å². The maximum Gasteiger partial charge on any atom is 0.407 e. The highest BCUT2D eigenvalue weighted by Crippen LogP contribution is 2.13. The van der Waals surface area contributed by atoms with Gasteiger partial charge in [0.2, 0.25) is 5.91 Å². The van der Waals surface area contributed by atoms with Crippen molar-refractivity contribution in [1.82, 2.24) is 10.6 Å². The Bertz CT molecular complexity index is 505. The third kappa shape index (κ3) is 21.3.